The lowest BCUT2D eigenvalue weighted by atomic mass is 10.2. The van der Waals surface area contributed by atoms with Crippen LogP contribution in [0.25, 0.3) is 0 Å². The molecule has 1 aromatic carbocycles. The van der Waals surface area contributed by atoms with Crippen LogP contribution in [0.15, 0.2) is 18.2 Å². The van der Waals surface area contributed by atoms with E-state index >= 15 is 0 Å². The summed E-state index contributed by atoms with van der Waals surface area (Å²) in [5.74, 6) is 0.121. The topological polar surface area (TPSA) is 65.1 Å². The van der Waals surface area contributed by atoms with Crippen LogP contribution in [-0.2, 0) is 9.53 Å². The van der Waals surface area contributed by atoms with Gasteiger partial charge < -0.3 is 19.9 Å². The number of ether oxygens (including phenoxy) is 1. The lowest BCUT2D eigenvalue weighted by molar-refractivity contribution is -0.129. The van der Waals surface area contributed by atoms with E-state index in [4.69, 9.17) is 17.0 Å². The molecule has 9 heteroatoms. The minimum Gasteiger partial charge on any atom is -0.442 e. The molecule has 1 atom stereocenters. The summed E-state index contributed by atoms with van der Waals surface area (Å²) >= 11 is 5.30. The van der Waals surface area contributed by atoms with Gasteiger partial charge in [0.25, 0.3) is 0 Å². The Hall–Kier alpha value is -2.42. The molecule has 0 bridgehead atoms. The predicted octanol–water partition coefficient (Wildman–Crippen LogP) is 2.15. The normalized spacial score (nSPS) is 21.9. The molecular formula is C20H25FN4O3S. The second-order valence-electron chi connectivity index (χ2n) is 7.76. The van der Waals surface area contributed by atoms with Gasteiger partial charge in [-0.05, 0) is 31.0 Å². The molecular weight excluding hydrogens is 395 g/mol. The maximum atomic E-state index is 14.8. The van der Waals surface area contributed by atoms with Crippen molar-refractivity contribution >= 4 is 40.6 Å². The fourth-order valence-electron chi connectivity index (χ4n) is 3.73. The SMILES string of the molecule is CC(=O)N1CCN(c2ccc(N3CC(CNC(=S)C4CC4)OC3=O)cc2F)CC1. The van der Waals surface area contributed by atoms with E-state index in [9.17, 15) is 14.0 Å². The van der Waals surface area contributed by atoms with Gasteiger partial charge in [0.1, 0.15) is 11.9 Å². The lowest BCUT2D eigenvalue weighted by Gasteiger charge is -2.35. The van der Waals surface area contributed by atoms with Gasteiger partial charge in [0.15, 0.2) is 0 Å². The Morgan fingerprint density at radius 3 is 2.62 bits per heavy atom. The zero-order valence-corrected chi connectivity index (χ0v) is 17.2. The molecule has 2 saturated heterocycles. The van der Waals surface area contributed by atoms with E-state index in [2.05, 4.69) is 5.32 Å². The number of rotatable bonds is 5. The number of hydrogen-bond acceptors (Lipinski definition) is 5. The molecule has 1 aromatic rings. The molecule has 1 saturated carbocycles. The first-order valence-corrected chi connectivity index (χ1v) is 10.4. The van der Waals surface area contributed by atoms with Gasteiger partial charge in [0.05, 0.1) is 29.5 Å². The number of thiocarbonyl (C=S) groups is 1. The number of anilines is 2. The second kappa shape index (κ2) is 8.14. The largest absolute Gasteiger partial charge is 0.442 e. The van der Waals surface area contributed by atoms with Crippen molar-refractivity contribution in [1.29, 1.82) is 0 Å². The highest BCUT2D eigenvalue weighted by Crippen LogP contribution is 2.30. The third-order valence-corrected chi connectivity index (χ3v) is 6.11. The summed E-state index contributed by atoms with van der Waals surface area (Å²) in [6.07, 6.45) is 1.45. The molecule has 2 amide bonds. The van der Waals surface area contributed by atoms with E-state index in [-0.39, 0.29) is 17.8 Å². The summed E-state index contributed by atoms with van der Waals surface area (Å²) < 4.78 is 20.2. The second-order valence-corrected chi connectivity index (χ2v) is 8.20. The minimum atomic E-state index is -0.476. The summed E-state index contributed by atoms with van der Waals surface area (Å²) in [6.45, 7) is 4.68. The average molecular weight is 421 g/mol. The molecule has 156 valence electrons. The number of carbonyl (C=O) groups excluding carboxylic acids is 2. The molecule has 29 heavy (non-hydrogen) atoms. The summed E-state index contributed by atoms with van der Waals surface area (Å²) in [4.78, 5) is 29.7. The van der Waals surface area contributed by atoms with Crippen LogP contribution in [0.2, 0.25) is 0 Å². The van der Waals surface area contributed by atoms with Gasteiger partial charge in [-0.25, -0.2) is 9.18 Å². The number of cyclic esters (lactones) is 1. The Morgan fingerprint density at radius 1 is 1.28 bits per heavy atom. The zero-order chi connectivity index (χ0) is 20.5. The summed E-state index contributed by atoms with van der Waals surface area (Å²) in [6, 6.07) is 4.80. The van der Waals surface area contributed by atoms with Gasteiger partial charge in [-0.15, -0.1) is 0 Å². The zero-order valence-electron chi connectivity index (χ0n) is 16.4. The number of carbonyl (C=O) groups is 2. The number of halogens is 1. The summed E-state index contributed by atoms with van der Waals surface area (Å²) in [5, 5.41) is 3.17. The fraction of sp³-hybridized carbons (Fsp3) is 0.550. The number of nitrogens with zero attached hydrogens (tertiary/aromatic N) is 3. The van der Waals surface area contributed by atoms with Crippen molar-refractivity contribution in [3.63, 3.8) is 0 Å². The molecule has 0 spiro atoms. The third kappa shape index (κ3) is 4.44. The smallest absolute Gasteiger partial charge is 0.414 e. The van der Waals surface area contributed by atoms with Gasteiger partial charge >= 0.3 is 6.09 Å². The first-order valence-electron chi connectivity index (χ1n) is 9.98. The van der Waals surface area contributed by atoms with Gasteiger partial charge in [0.2, 0.25) is 5.91 Å². The maximum Gasteiger partial charge on any atom is 0.414 e. The van der Waals surface area contributed by atoms with Crippen LogP contribution in [0.1, 0.15) is 19.8 Å². The van der Waals surface area contributed by atoms with Crippen molar-refractivity contribution in [3.8, 4) is 0 Å². The standard InChI is InChI=1S/C20H25FN4O3S/c1-13(26)23-6-8-24(9-7-23)18-5-4-15(10-17(18)21)25-12-16(28-20(25)27)11-22-19(29)14-2-3-14/h4-5,10,14,16H,2-3,6-9,11-12H2,1H3,(H,22,29). The van der Waals surface area contributed by atoms with E-state index in [1.807, 2.05) is 4.90 Å². The van der Waals surface area contributed by atoms with Gasteiger partial charge in [-0.2, -0.15) is 0 Å². The Labute approximate surface area is 174 Å². The Bertz CT molecular complexity index is 824. The van der Waals surface area contributed by atoms with E-state index in [0.717, 1.165) is 17.8 Å². The molecule has 4 rings (SSSR count). The van der Waals surface area contributed by atoms with Crippen molar-refractivity contribution in [2.24, 2.45) is 5.92 Å². The molecule has 1 aliphatic carbocycles. The lowest BCUT2D eigenvalue weighted by Crippen LogP contribution is -2.48. The Balaban J connectivity index is 1.36. The summed E-state index contributed by atoms with van der Waals surface area (Å²) in [7, 11) is 0. The highest BCUT2D eigenvalue weighted by molar-refractivity contribution is 7.80. The first kappa shape index (κ1) is 19.9. The van der Waals surface area contributed by atoms with Gasteiger partial charge in [-0.3, -0.25) is 9.69 Å². The van der Waals surface area contributed by atoms with Crippen LogP contribution in [-0.4, -0.2) is 67.3 Å². The number of benzene rings is 1. The molecule has 2 aliphatic heterocycles. The Morgan fingerprint density at radius 2 is 2.00 bits per heavy atom. The number of amides is 2. The van der Waals surface area contributed by atoms with E-state index in [0.29, 0.717) is 56.6 Å². The van der Waals surface area contributed by atoms with Crippen LogP contribution in [0, 0.1) is 11.7 Å². The number of hydrogen-bond donors (Lipinski definition) is 1. The third-order valence-electron chi connectivity index (χ3n) is 5.63. The number of nitrogens with one attached hydrogen (secondary N) is 1. The van der Waals surface area contributed by atoms with Crippen molar-refractivity contribution in [2.75, 3.05) is 49.1 Å². The van der Waals surface area contributed by atoms with Crippen molar-refractivity contribution in [2.45, 2.75) is 25.9 Å². The average Bonchev–Trinajstić information content (AvgIpc) is 3.49. The van der Waals surface area contributed by atoms with Crippen LogP contribution < -0.4 is 15.1 Å². The number of piperazine rings is 1. The first-order chi connectivity index (χ1) is 13.9. The van der Waals surface area contributed by atoms with Crippen LogP contribution in [0.4, 0.5) is 20.6 Å². The predicted molar refractivity (Wildman–Crippen MR) is 112 cm³/mol. The molecule has 1 unspecified atom stereocenters. The van der Waals surface area contributed by atoms with E-state index < -0.39 is 6.09 Å². The molecule has 0 aromatic heterocycles. The summed E-state index contributed by atoms with van der Waals surface area (Å²) in [5.41, 5.74) is 0.961. The van der Waals surface area contributed by atoms with Crippen molar-refractivity contribution in [1.82, 2.24) is 10.2 Å². The van der Waals surface area contributed by atoms with Crippen molar-refractivity contribution in [3.05, 3.63) is 24.0 Å². The molecule has 7 nitrogen and oxygen atoms in total. The van der Waals surface area contributed by atoms with Crippen LogP contribution >= 0.6 is 12.2 Å². The molecule has 1 N–H and O–H groups in total. The van der Waals surface area contributed by atoms with E-state index in [1.165, 1.54) is 11.0 Å². The fourth-order valence-corrected chi connectivity index (χ4v) is 4.04. The highest BCUT2D eigenvalue weighted by Gasteiger charge is 2.34. The van der Waals surface area contributed by atoms with Crippen LogP contribution in [0.3, 0.4) is 0 Å². The molecule has 3 fully saturated rings. The molecule has 3 aliphatic rings. The molecule has 2 heterocycles. The van der Waals surface area contributed by atoms with Gasteiger partial charge in [0, 0.05) is 39.0 Å². The maximum absolute atomic E-state index is 14.8. The molecule has 0 radical (unpaired) electrons. The van der Waals surface area contributed by atoms with Crippen molar-refractivity contribution < 1.29 is 18.7 Å². The monoisotopic (exact) mass is 420 g/mol. The van der Waals surface area contributed by atoms with Crippen LogP contribution in [0.5, 0.6) is 0 Å². The minimum absolute atomic E-state index is 0.0370. The quantitative estimate of drug-likeness (QED) is 0.737. The van der Waals surface area contributed by atoms with Gasteiger partial charge in [-0.1, -0.05) is 12.2 Å². The Kier molecular flexibility index (Phi) is 5.58. The highest BCUT2D eigenvalue weighted by atomic mass is 32.1. The van der Waals surface area contributed by atoms with E-state index in [1.54, 1.807) is 24.0 Å².